The zero-order chi connectivity index (χ0) is 12.8. The first-order valence-electron chi connectivity index (χ1n) is 5.56. The molecule has 94 valence electrons. The van der Waals surface area contributed by atoms with E-state index in [0.29, 0.717) is 13.0 Å². The Morgan fingerprint density at radius 2 is 1.75 bits per heavy atom. The summed E-state index contributed by atoms with van der Waals surface area (Å²) in [5.74, 6) is -0.0499. The van der Waals surface area contributed by atoms with E-state index in [2.05, 4.69) is 16.0 Å². The number of rotatable bonds is 4. The Hall–Kier alpha value is -1.26. The third kappa shape index (κ3) is 9.30. The zero-order valence-corrected chi connectivity index (χ0v) is 10.8. The highest BCUT2D eigenvalue weighted by molar-refractivity contribution is 5.78. The molecule has 3 amide bonds. The van der Waals surface area contributed by atoms with Crippen molar-refractivity contribution in [3.8, 4) is 0 Å². The molecule has 0 bridgehead atoms. The van der Waals surface area contributed by atoms with E-state index in [1.165, 1.54) is 0 Å². The van der Waals surface area contributed by atoms with Gasteiger partial charge in [-0.05, 0) is 34.6 Å². The maximum absolute atomic E-state index is 11.3. The number of urea groups is 1. The fourth-order valence-corrected chi connectivity index (χ4v) is 1.07. The van der Waals surface area contributed by atoms with Crippen molar-refractivity contribution in [3.63, 3.8) is 0 Å². The Kier molecular flexibility index (Phi) is 5.85. The van der Waals surface area contributed by atoms with E-state index in [1.807, 2.05) is 34.6 Å². The zero-order valence-electron chi connectivity index (χ0n) is 10.8. The topological polar surface area (TPSA) is 70.2 Å². The van der Waals surface area contributed by atoms with Crippen LogP contribution in [-0.2, 0) is 4.79 Å². The molecule has 0 aliphatic heterocycles. The molecule has 0 aliphatic rings. The first-order chi connectivity index (χ1) is 7.20. The van der Waals surface area contributed by atoms with Gasteiger partial charge in [0.15, 0.2) is 0 Å². The molecule has 0 heterocycles. The van der Waals surface area contributed by atoms with Crippen LogP contribution in [0.15, 0.2) is 0 Å². The molecular formula is C11H23N3O2. The van der Waals surface area contributed by atoms with Gasteiger partial charge in [-0.2, -0.15) is 0 Å². The van der Waals surface area contributed by atoms with Crippen molar-refractivity contribution >= 4 is 11.9 Å². The Morgan fingerprint density at radius 3 is 2.19 bits per heavy atom. The predicted octanol–water partition coefficient (Wildman–Crippen LogP) is 0.999. The van der Waals surface area contributed by atoms with Crippen LogP contribution in [-0.4, -0.2) is 30.1 Å². The van der Waals surface area contributed by atoms with Crippen LogP contribution < -0.4 is 16.0 Å². The summed E-state index contributed by atoms with van der Waals surface area (Å²) in [6.45, 7) is 9.85. The SMILES string of the molecule is CC(C)NC(=O)CCNC(=O)NC(C)(C)C. The molecule has 0 saturated heterocycles. The van der Waals surface area contributed by atoms with Crippen molar-refractivity contribution in [1.82, 2.24) is 16.0 Å². The van der Waals surface area contributed by atoms with Crippen molar-refractivity contribution < 1.29 is 9.59 Å². The highest BCUT2D eigenvalue weighted by Crippen LogP contribution is 1.97. The summed E-state index contributed by atoms with van der Waals surface area (Å²) in [5, 5.41) is 8.14. The molecule has 3 N–H and O–H groups in total. The van der Waals surface area contributed by atoms with Crippen molar-refractivity contribution in [2.24, 2.45) is 0 Å². The van der Waals surface area contributed by atoms with Crippen molar-refractivity contribution in [3.05, 3.63) is 0 Å². The minimum absolute atomic E-state index is 0.0499. The van der Waals surface area contributed by atoms with E-state index in [0.717, 1.165) is 0 Å². The molecule has 0 radical (unpaired) electrons. The van der Waals surface area contributed by atoms with Crippen LogP contribution in [0.25, 0.3) is 0 Å². The van der Waals surface area contributed by atoms with E-state index in [4.69, 9.17) is 0 Å². The molecule has 5 nitrogen and oxygen atoms in total. The van der Waals surface area contributed by atoms with Gasteiger partial charge >= 0.3 is 6.03 Å². The Labute approximate surface area is 97.4 Å². The smallest absolute Gasteiger partial charge is 0.315 e. The molecule has 0 atom stereocenters. The number of nitrogens with one attached hydrogen (secondary N) is 3. The average Bonchev–Trinajstić information content (AvgIpc) is 1.98. The second kappa shape index (κ2) is 6.35. The maximum Gasteiger partial charge on any atom is 0.315 e. The van der Waals surface area contributed by atoms with Crippen LogP contribution >= 0.6 is 0 Å². The summed E-state index contributed by atoms with van der Waals surface area (Å²) in [5.41, 5.74) is -0.260. The predicted molar refractivity (Wildman–Crippen MR) is 64.2 cm³/mol. The van der Waals surface area contributed by atoms with Gasteiger partial charge in [-0.3, -0.25) is 4.79 Å². The van der Waals surface area contributed by atoms with Crippen LogP contribution in [0.2, 0.25) is 0 Å². The van der Waals surface area contributed by atoms with Crippen LogP contribution in [0.1, 0.15) is 41.0 Å². The van der Waals surface area contributed by atoms with Crippen LogP contribution in [0.4, 0.5) is 4.79 Å². The molecule has 0 aromatic rings. The van der Waals surface area contributed by atoms with E-state index < -0.39 is 0 Å². The summed E-state index contributed by atoms with van der Waals surface area (Å²) in [4.78, 5) is 22.5. The highest BCUT2D eigenvalue weighted by Gasteiger charge is 2.13. The molecule has 0 aromatic carbocycles. The number of carbonyl (C=O) groups is 2. The Morgan fingerprint density at radius 1 is 1.19 bits per heavy atom. The summed E-state index contributed by atoms with van der Waals surface area (Å²) >= 11 is 0. The molecule has 5 heteroatoms. The van der Waals surface area contributed by atoms with E-state index in [1.54, 1.807) is 0 Å². The summed E-state index contributed by atoms with van der Waals surface area (Å²) < 4.78 is 0. The van der Waals surface area contributed by atoms with Gasteiger partial charge in [0.2, 0.25) is 5.91 Å². The summed E-state index contributed by atoms with van der Waals surface area (Å²) in [6, 6.07) is -0.110. The standard InChI is InChI=1S/C11H23N3O2/c1-8(2)13-9(15)6-7-12-10(16)14-11(3,4)5/h8H,6-7H2,1-5H3,(H,13,15)(H2,12,14,16). The average molecular weight is 229 g/mol. The van der Waals surface area contributed by atoms with Gasteiger partial charge in [0, 0.05) is 24.5 Å². The van der Waals surface area contributed by atoms with Crippen molar-refractivity contribution in [1.29, 1.82) is 0 Å². The lowest BCUT2D eigenvalue weighted by atomic mass is 10.1. The molecule has 16 heavy (non-hydrogen) atoms. The molecule has 0 aromatic heterocycles. The molecule has 0 spiro atoms. The van der Waals surface area contributed by atoms with Crippen LogP contribution in [0, 0.1) is 0 Å². The van der Waals surface area contributed by atoms with Gasteiger partial charge in [0.1, 0.15) is 0 Å². The largest absolute Gasteiger partial charge is 0.354 e. The lowest BCUT2D eigenvalue weighted by Gasteiger charge is -2.20. The Bertz CT molecular complexity index is 244. The van der Waals surface area contributed by atoms with Gasteiger partial charge in [-0.15, -0.1) is 0 Å². The third-order valence-electron chi connectivity index (χ3n) is 1.58. The lowest BCUT2D eigenvalue weighted by Crippen LogP contribution is -2.47. The third-order valence-corrected chi connectivity index (χ3v) is 1.58. The molecular weight excluding hydrogens is 206 g/mol. The van der Waals surface area contributed by atoms with Crippen LogP contribution in [0.5, 0.6) is 0 Å². The van der Waals surface area contributed by atoms with Gasteiger partial charge in [-0.1, -0.05) is 0 Å². The lowest BCUT2D eigenvalue weighted by molar-refractivity contribution is -0.121. The monoisotopic (exact) mass is 229 g/mol. The second-order valence-corrected chi connectivity index (χ2v) is 5.10. The molecule has 0 rings (SSSR count). The molecule has 0 saturated carbocycles. The molecule has 0 unspecified atom stereocenters. The highest BCUT2D eigenvalue weighted by atomic mass is 16.2. The number of carbonyl (C=O) groups excluding carboxylic acids is 2. The van der Waals surface area contributed by atoms with Crippen LogP contribution in [0.3, 0.4) is 0 Å². The fourth-order valence-electron chi connectivity index (χ4n) is 1.07. The van der Waals surface area contributed by atoms with Crippen molar-refractivity contribution in [2.45, 2.75) is 52.6 Å². The van der Waals surface area contributed by atoms with E-state index >= 15 is 0 Å². The molecule has 0 fully saturated rings. The maximum atomic E-state index is 11.3. The second-order valence-electron chi connectivity index (χ2n) is 5.10. The van der Waals surface area contributed by atoms with Gasteiger partial charge in [0.05, 0.1) is 0 Å². The Balaban J connectivity index is 3.66. The van der Waals surface area contributed by atoms with E-state index in [9.17, 15) is 9.59 Å². The first kappa shape index (κ1) is 14.7. The minimum atomic E-state index is -0.260. The van der Waals surface area contributed by atoms with Gasteiger partial charge in [0.25, 0.3) is 0 Å². The molecule has 0 aliphatic carbocycles. The van der Waals surface area contributed by atoms with E-state index in [-0.39, 0.29) is 23.5 Å². The minimum Gasteiger partial charge on any atom is -0.354 e. The number of amides is 3. The fraction of sp³-hybridized carbons (Fsp3) is 0.818. The normalized spacial score (nSPS) is 11.1. The first-order valence-corrected chi connectivity index (χ1v) is 5.56. The number of hydrogen-bond acceptors (Lipinski definition) is 2. The quantitative estimate of drug-likeness (QED) is 0.673. The van der Waals surface area contributed by atoms with Crippen molar-refractivity contribution in [2.75, 3.05) is 6.54 Å². The number of hydrogen-bond donors (Lipinski definition) is 3. The van der Waals surface area contributed by atoms with Gasteiger partial charge < -0.3 is 16.0 Å². The summed E-state index contributed by atoms with van der Waals surface area (Å²) in [7, 11) is 0. The summed E-state index contributed by atoms with van der Waals surface area (Å²) in [6.07, 6.45) is 0.301. The van der Waals surface area contributed by atoms with Gasteiger partial charge in [-0.25, -0.2) is 4.79 Å².